The van der Waals surface area contributed by atoms with Crippen LogP contribution in [0.15, 0.2) is 54.1 Å². The zero-order valence-electron chi connectivity index (χ0n) is 11.4. The molecule has 3 nitrogen and oxygen atoms in total. The molecule has 0 aliphatic carbocycles. The van der Waals surface area contributed by atoms with Crippen LogP contribution in [0.2, 0.25) is 0 Å². The summed E-state index contributed by atoms with van der Waals surface area (Å²) in [5.74, 6) is -1.04. The van der Waals surface area contributed by atoms with Crippen LogP contribution in [0.1, 0.15) is 11.1 Å². The Hall–Kier alpha value is -2.93. The quantitative estimate of drug-likeness (QED) is 0.688. The second-order valence-electron chi connectivity index (χ2n) is 4.46. The summed E-state index contributed by atoms with van der Waals surface area (Å²) < 4.78 is 13.6. The number of benzene rings is 2. The summed E-state index contributed by atoms with van der Waals surface area (Å²) in [5, 5.41) is 11.7. The number of halogens is 1. The van der Waals surface area contributed by atoms with E-state index in [-0.39, 0.29) is 11.1 Å². The van der Waals surface area contributed by atoms with Crippen LogP contribution in [0, 0.1) is 24.1 Å². The van der Waals surface area contributed by atoms with E-state index in [9.17, 15) is 9.18 Å². The molecule has 1 amide bonds. The minimum absolute atomic E-state index is 0.150. The van der Waals surface area contributed by atoms with Crippen molar-refractivity contribution in [2.45, 2.75) is 6.92 Å². The number of aryl methyl sites for hydroxylation is 1. The smallest absolute Gasteiger partial charge is 0.266 e. The number of anilines is 1. The number of carbonyl (C=O) groups excluding carboxylic acids is 1. The number of hydrogen-bond donors (Lipinski definition) is 1. The topological polar surface area (TPSA) is 52.9 Å². The van der Waals surface area contributed by atoms with E-state index in [2.05, 4.69) is 5.32 Å². The van der Waals surface area contributed by atoms with Gasteiger partial charge in [-0.25, -0.2) is 4.39 Å². The fourth-order valence-corrected chi connectivity index (χ4v) is 1.80. The predicted molar refractivity (Wildman–Crippen MR) is 79.8 cm³/mol. The van der Waals surface area contributed by atoms with Gasteiger partial charge in [-0.05, 0) is 30.7 Å². The summed E-state index contributed by atoms with van der Waals surface area (Å²) in [4.78, 5) is 12.1. The van der Waals surface area contributed by atoms with Gasteiger partial charge in [0.1, 0.15) is 17.5 Å². The molecule has 0 spiro atoms. The molecular formula is C17H13FN2O. The first kappa shape index (κ1) is 14.5. The predicted octanol–water partition coefficient (Wildman–Crippen LogP) is 3.68. The van der Waals surface area contributed by atoms with Gasteiger partial charge in [0.2, 0.25) is 0 Å². The zero-order chi connectivity index (χ0) is 15.2. The van der Waals surface area contributed by atoms with Gasteiger partial charge in [-0.3, -0.25) is 4.79 Å². The largest absolute Gasteiger partial charge is 0.321 e. The van der Waals surface area contributed by atoms with Gasteiger partial charge < -0.3 is 5.32 Å². The van der Waals surface area contributed by atoms with E-state index in [1.807, 2.05) is 19.1 Å². The first-order valence-electron chi connectivity index (χ1n) is 6.35. The highest BCUT2D eigenvalue weighted by Crippen LogP contribution is 2.16. The Morgan fingerprint density at radius 3 is 2.52 bits per heavy atom. The molecule has 104 valence electrons. The number of rotatable bonds is 3. The minimum atomic E-state index is -0.560. The summed E-state index contributed by atoms with van der Waals surface area (Å²) in [6.45, 7) is 1.85. The molecule has 0 aliphatic heterocycles. The highest BCUT2D eigenvalue weighted by Gasteiger charge is 2.11. The lowest BCUT2D eigenvalue weighted by Gasteiger charge is -2.07. The summed E-state index contributed by atoms with van der Waals surface area (Å²) >= 11 is 0. The van der Waals surface area contributed by atoms with Crippen molar-refractivity contribution in [1.82, 2.24) is 0 Å². The number of amides is 1. The van der Waals surface area contributed by atoms with E-state index in [1.54, 1.807) is 30.3 Å². The molecule has 1 N–H and O–H groups in total. The van der Waals surface area contributed by atoms with Crippen LogP contribution in [0.3, 0.4) is 0 Å². The van der Waals surface area contributed by atoms with Crippen LogP contribution in [-0.4, -0.2) is 5.91 Å². The standard InChI is InChI=1S/C17H13FN2O/c1-12-6-2-5-9-16(12)20-17(21)14(11-19)10-13-7-3-4-8-15(13)18/h2-10H,1H3,(H,20,21)/b14-10-. The molecule has 0 aromatic heterocycles. The van der Waals surface area contributed by atoms with Gasteiger partial charge in [0.25, 0.3) is 5.91 Å². The van der Waals surface area contributed by atoms with Crippen molar-refractivity contribution >= 4 is 17.7 Å². The molecular weight excluding hydrogens is 267 g/mol. The van der Waals surface area contributed by atoms with Gasteiger partial charge in [0.15, 0.2) is 0 Å². The average Bonchev–Trinajstić information content (AvgIpc) is 2.48. The van der Waals surface area contributed by atoms with E-state index < -0.39 is 11.7 Å². The van der Waals surface area contributed by atoms with Gasteiger partial charge in [-0.15, -0.1) is 0 Å². The van der Waals surface area contributed by atoms with Crippen LogP contribution in [0.5, 0.6) is 0 Å². The second kappa shape index (κ2) is 6.49. The molecule has 0 unspecified atom stereocenters. The number of nitrogens with one attached hydrogen (secondary N) is 1. The Kier molecular flexibility index (Phi) is 4.47. The van der Waals surface area contributed by atoms with E-state index in [0.717, 1.165) is 5.56 Å². The van der Waals surface area contributed by atoms with Gasteiger partial charge in [-0.1, -0.05) is 36.4 Å². The second-order valence-corrected chi connectivity index (χ2v) is 4.46. The Labute approximate surface area is 122 Å². The summed E-state index contributed by atoms with van der Waals surface area (Å²) in [5.41, 5.74) is 1.56. The molecule has 2 aromatic carbocycles. The van der Waals surface area contributed by atoms with Gasteiger partial charge in [0, 0.05) is 11.3 Å². The van der Waals surface area contributed by atoms with Crippen LogP contribution in [0.25, 0.3) is 6.08 Å². The van der Waals surface area contributed by atoms with Crippen LogP contribution < -0.4 is 5.32 Å². The molecule has 0 saturated heterocycles. The summed E-state index contributed by atoms with van der Waals surface area (Å²) in [6, 6.07) is 15.0. The normalized spacial score (nSPS) is 10.8. The first-order valence-corrected chi connectivity index (χ1v) is 6.35. The number of hydrogen-bond acceptors (Lipinski definition) is 2. The van der Waals surface area contributed by atoms with Crippen LogP contribution in [0.4, 0.5) is 10.1 Å². The molecule has 0 atom stereocenters. The van der Waals surface area contributed by atoms with Gasteiger partial charge in [-0.2, -0.15) is 5.26 Å². The summed E-state index contributed by atoms with van der Waals surface area (Å²) in [7, 11) is 0. The van der Waals surface area contributed by atoms with E-state index in [1.165, 1.54) is 18.2 Å². The van der Waals surface area contributed by atoms with Crippen molar-refractivity contribution in [2.75, 3.05) is 5.32 Å². The molecule has 0 aliphatic rings. The van der Waals surface area contributed by atoms with Crippen LogP contribution in [-0.2, 0) is 4.79 Å². The lowest BCUT2D eigenvalue weighted by atomic mass is 10.1. The molecule has 4 heteroatoms. The number of nitrogens with zero attached hydrogens (tertiary/aromatic N) is 1. The van der Waals surface area contributed by atoms with Crippen molar-refractivity contribution in [2.24, 2.45) is 0 Å². The number of para-hydroxylation sites is 1. The highest BCUT2D eigenvalue weighted by atomic mass is 19.1. The third-order valence-electron chi connectivity index (χ3n) is 2.96. The summed E-state index contributed by atoms with van der Waals surface area (Å²) in [6.07, 6.45) is 1.24. The van der Waals surface area contributed by atoms with Crippen molar-refractivity contribution in [3.05, 3.63) is 71.0 Å². The Bertz CT molecular complexity index is 744. The number of carbonyl (C=O) groups is 1. The van der Waals surface area contributed by atoms with Crippen molar-refractivity contribution in [3.8, 4) is 6.07 Å². The monoisotopic (exact) mass is 280 g/mol. The Balaban J connectivity index is 2.26. The van der Waals surface area contributed by atoms with Crippen LogP contribution >= 0.6 is 0 Å². The van der Waals surface area contributed by atoms with E-state index in [0.29, 0.717) is 5.69 Å². The van der Waals surface area contributed by atoms with Crippen molar-refractivity contribution in [3.63, 3.8) is 0 Å². The molecule has 0 fully saturated rings. The fourth-order valence-electron chi connectivity index (χ4n) is 1.80. The van der Waals surface area contributed by atoms with E-state index >= 15 is 0 Å². The van der Waals surface area contributed by atoms with Gasteiger partial charge >= 0.3 is 0 Å². The number of nitriles is 1. The lowest BCUT2D eigenvalue weighted by molar-refractivity contribution is -0.112. The highest BCUT2D eigenvalue weighted by molar-refractivity contribution is 6.09. The van der Waals surface area contributed by atoms with Crippen molar-refractivity contribution < 1.29 is 9.18 Å². The first-order chi connectivity index (χ1) is 10.1. The minimum Gasteiger partial charge on any atom is -0.321 e. The molecule has 0 radical (unpaired) electrons. The molecule has 0 heterocycles. The molecule has 21 heavy (non-hydrogen) atoms. The third-order valence-corrected chi connectivity index (χ3v) is 2.96. The maximum atomic E-state index is 13.6. The lowest BCUT2D eigenvalue weighted by Crippen LogP contribution is -2.14. The Morgan fingerprint density at radius 2 is 1.86 bits per heavy atom. The Morgan fingerprint density at radius 1 is 1.19 bits per heavy atom. The SMILES string of the molecule is Cc1ccccc1NC(=O)/C(C#N)=C\c1ccccc1F. The maximum Gasteiger partial charge on any atom is 0.266 e. The maximum absolute atomic E-state index is 13.6. The molecule has 0 saturated carbocycles. The molecule has 2 rings (SSSR count). The van der Waals surface area contributed by atoms with E-state index in [4.69, 9.17) is 5.26 Å². The zero-order valence-corrected chi connectivity index (χ0v) is 11.4. The molecule has 2 aromatic rings. The third kappa shape index (κ3) is 3.54. The van der Waals surface area contributed by atoms with Gasteiger partial charge in [0.05, 0.1) is 0 Å². The van der Waals surface area contributed by atoms with Crippen molar-refractivity contribution in [1.29, 1.82) is 5.26 Å². The molecule has 0 bridgehead atoms. The average molecular weight is 280 g/mol. The fraction of sp³-hybridized carbons (Fsp3) is 0.0588.